The molecule has 0 saturated heterocycles. The predicted molar refractivity (Wildman–Crippen MR) is 94.7 cm³/mol. The number of carbonyl (C=O) groups is 1. The van der Waals surface area contributed by atoms with Crippen LogP contribution in [0.1, 0.15) is 45.1 Å². The predicted octanol–water partition coefficient (Wildman–Crippen LogP) is 4.45. The highest BCUT2D eigenvalue weighted by Gasteiger charge is 2.31. The molecule has 1 aromatic carbocycles. The minimum absolute atomic E-state index is 0.0265. The largest absolute Gasteiger partial charge is 0.283 e. The average Bonchev–Trinajstić information content (AvgIpc) is 3.20. The lowest BCUT2D eigenvalue weighted by Gasteiger charge is -2.27. The molecular weight excluding hydrogens is 306 g/mol. The summed E-state index contributed by atoms with van der Waals surface area (Å²) in [5.41, 5.74) is 2.28. The number of carbonyl (C=O) groups excluding carboxylic acids is 1. The minimum atomic E-state index is -0.0265. The van der Waals surface area contributed by atoms with Crippen LogP contribution in [0.3, 0.4) is 0 Å². The van der Waals surface area contributed by atoms with Gasteiger partial charge in [0.1, 0.15) is 5.01 Å². The van der Waals surface area contributed by atoms with E-state index < -0.39 is 0 Å². The van der Waals surface area contributed by atoms with Crippen molar-refractivity contribution < 1.29 is 4.79 Å². The van der Waals surface area contributed by atoms with Crippen LogP contribution in [-0.4, -0.2) is 22.1 Å². The van der Waals surface area contributed by atoms with Gasteiger partial charge in [0.2, 0.25) is 11.0 Å². The molecule has 122 valence electrons. The highest BCUT2D eigenvalue weighted by molar-refractivity contribution is 7.18. The maximum atomic E-state index is 12.7. The summed E-state index contributed by atoms with van der Waals surface area (Å²) in [5, 5.41) is 10.3. The summed E-state index contributed by atoms with van der Waals surface area (Å²) in [4.78, 5) is 14.6. The number of aryl methyl sites for hydroxylation is 1. The molecule has 1 saturated carbocycles. The van der Waals surface area contributed by atoms with Gasteiger partial charge in [-0.3, -0.25) is 9.69 Å². The number of hydrogen-bond donors (Lipinski definition) is 0. The fourth-order valence-corrected chi connectivity index (χ4v) is 4.12. The highest BCUT2D eigenvalue weighted by atomic mass is 32.1. The zero-order chi connectivity index (χ0) is 16.4. The molecule has 5 heteroatoms. The summed E-state index contributed by atoms with van der Waals surface area (Å²) in [5.74, 6) is 0.130. The van der Waals surface area contributed by atoms with Gasteiger partial charge in [0.25, 0.3) is 0 Å². The van der Waals surface area contributed by atoms with E-state index in [0.717, 1.165) is 28.5 Å². The van der Waals surface area contributed by atoms with Crippen molar-refractivity contribution in [3.63, 3.8) is 0 Å². The van der Waals surface area contributed by atoms with Crippen molar-refractivity contribution in [2.75, 3.05) is 4.90 Å². The molecule has 1 aliphatic rings. The van der Waals surface area contributed by atoms with Crippen molar-refractivity contribution in [3.05, 3.63) is 29.8 Å². The van der Waals surface area contributed by atoms with Gasteiger partial charge in [-0.1, -0.05) is 62.3 Å². The number of rotatable bonds is 4. The number of anilines is 1. The lowest BCUT2D eigenvalue weighted by Crippen LogP contribution is -2.41. The van der Waals surface area contributed by atoms with Gasteiger partial charge in [-0.05, 0) is 25.3 Å². The molecule has 0 N–H and O–H groups in total. The van der Waals surface area contributed by atoms with Crippen LogP contribution in [0.4, 0.5) is 5.13 Å². The third-order valence-electron chi connectivity index (χ3n) is 4.42. The third kappa shape index (κ3) is 3.29. The fraction of sp³-hybridized carbons (Fsp3) is 0.500. The molecule has 1 aliphatic carbocycles. The van der Waals surface area contributed by atoms with Crippen LogP contribution in [0.25, 0.3) is 10.6 Å². The van der Waals surface area contributed by atoms with E-state index in [0.29, 0.717) is 0 Å². The summed E-state index contributed by atoms with van der Waals surface area (Å²) in [6.45, 7) is 5.98. The zero-order valence-corrected chi connectivity index (χ0v) is 14.8. The topological polar surface area (TPSA) is 46.1 Å². The summed E-state index contributed by atoms with van der Waals surface area (Å²) in [7, 11) is 0. The first kappa shape index (κ1) is 16.1. The minimum Gasteiger partial charge on any atom is -0.283 e. The van der Waals surface area contributed by atoms with Crippen molar-refractivity contribution in [2.24, 2.45) is 5.92 Å². The second-order valence-electron chi connectivity index (χ2n) is 6.51. The molecule has 1 fully saturated rings. The second-order valence-corrected chi connectivity index (χ2v) is 7.46. The molecule has 0 bridgehead atoms. The van der Waals surface area contributed by atoms with Crippen LogP contribution in [0, 0.1) is 12.8 Å². The quantitative estimate of drug-likeness (QED) is 0.833. The van der Waals surface area contributed by atoms with E-state index in [-0.39, 0.29) is 17.9 Å². The van der Waals surface area contributed by atoms with Crippen molar-refractivity contribution in [2.45, 2.75) is 52.5 Å². The Balaban J connectivity index is 1.94. The normalized spacial score (nSPS) is 15.3. The standard InChI is InChI=1S/C18H23N3OS/c1-12(2)17(22)21(14-9-5-6-10-14)18-20-19-16(23-18)15-11-7-4-8-13(15)3/h4,7-8,11-12,14H,5-6,9-10H2,1-3H3. The number of aromatic nitrogens is 2. The number of amides is 1. The molecule has 1 aromatic heterocycles. The Morgan fingerprint density at radius 1 is 1.22 bits per heavy atom. The van der Waals surface area contributed by atoms with Crippen LogP contribution >= 0.6 is 11.3 Å². The molecule has 1 amide bonds. The molecule has 0 atom stereocenters. The van der Waals surface area contributed by atoms with Gasteiger partial charge in [-0.2, -0.15) is 0 Å². The van der Waals surface area contributed by atoms with Crippen molar-refractivity contribution in [1.82, 2.24) is 10.2 Å². The smallest absolute Gasteiger partial charge is 0.231 e. The lowest BCUT2D eigenvalue weighted by atomic mass is 10.1. The Morgan fingerprint density at radius 2 is 1.91 bits per heavy atom. The lowest BCUT2D eigenvalue weighted by molar-refractivity contribution is -0.121. The van der Waals surface area contributed by atoms with E-state index in [1.807, 2.05) is 30.9 Å². The summed E-state index contributed by atoms with van der Waals surface area (Å²) >= 11 is 1.52. The number of hydrogen-bond acceptors (Lipinski definition) is 4. The van der Waals surface area contributed by atoms with Gasteiger partial charge in [-0.25, -0.2) is 0 Å². The first-order valence-corrected chi connectivity index (χ1v) is 9.12. The summed E-state index contributed by atoms with van der Waals surface area (Å²) < 4.78 is 0. The maximum Gasteiger partial charge on any atom is 0.231 e. The van der Waals surface area contributed by atoms with E-state index in [4.69, 9.17) is 0 Å². The molecule has 23 heavy (non-hydrogen) atoms. The van der Waals surface area contributed by atoms with E-state index in [1.54, 1.807) is 0 Å². The van der Waals surface area contributed by atoms with E-state index in [1.165, 1.54) is 29.7 Å². The van der Waals surface area contributed by atoms with Crippen molar-refractivity contribution in [1.29, 1.82) is 0 Å². The van der Waals surface area contributed by atoms with Crippen LogP contribution in [0.2, 0.25) is 0 Å². The van der Waals surface area contributed by atoms with Gasteiger partial charge >= 0.3 is 0 Å². The number of nitrogens with zero attached hydrogens (tertiary/aromatic N) is 3. The summed E-state index contributed by atoms with van der Waals surface area (Å²) in [6.07, 6.45) is 4.52. The van der Waals surface area contributed by atoms with E-state index >= 15 is 0 Å². The SMILES string of the molecule is Cc1ccccc1-c1nnc(N(C(=O)C(C)C)C2CCCC2)s1. The zero-order valence-electron chi connectivity index (χ0n) is 14.0. The van der Waals surface area contributed by atoms with Gasteiger partial charge in [0.15, 0.2) is 0 Å². The monoisotopic (exact) mass is 329 g/mol. The van der Waals surface area contributed by atoms with Gasteiger partial charge in [0, 0.05) is 17.5 Å². The highest BCUT2D eigenvalue weighted by Crippen LogP contribution is 2.35. The molecule has 1 heterocycles. The van der Waals surface area contributed by atoms with Crippen molar-refractivity contribution in [3.8, 4) is 10.6 Å². The fourth-order valence-electron chi connectivity index (χ4n) is 3.11. The number of benzene rings is 1. The van der Waals surface area contributed by atoms with Gasteiger partial charge < -0.3 is 0 Å². The van der Waals surface area contributed by atoms with Gasteiger partial charge in [0.05, 0.1) is 0 Å². The molecule has 2 aromatic rings. The van der Waals surface area contributed by atoms with Crippen LogP contribution in [0.5, 0.6) is 0 Å². The Bertz CT molecular complexity index is 689. The average molecular weight is 329 g/mol. The molecule has 0 unspecified atom stereocenters. The summed E-state index contributed by atoms with van der Waals surface area (Å²) in [6, 6.07) is 8.45. The van der Waals surface area contributed by atoms with E-state index in [2.05, 4.69) is 29.3 Å². The molecular formula is C18H23N3OS. The Kier molecular flexibility index (Phi) is 4.76. The molecule has 0 spiro atoms. The molecule has 4 nitrogen and oxygen atoms in total. The van der Waals surface area contributed by atoms with Crippen LogP contribution in [-0.2, 0) is 4.79 Å². The van der Waals surface area contributed by atoms with Crippen LogP contribution in [0.15, 0.2) is 24.3 Å². The molecule has 0 radical (unpaired) electrons. The Labute approximate surface area is 141 Å². The maximum absolute atomic E-state index is 12.7. The second kappa shape index (κ2) is 6.79. The van der Waals surface area contributed by atoms with E-state index in [9.17, 15) is 4.79 Å². The molecule has 0 aliphatic heterocycles. The third-order valence-corrected chi connectivity index (χ3v) is 5.37. The molecule has 3 rings (SSSR count). The first-order chi connectivity index (χ1) is 11.1. The Hall–Kier alpha value is -1.75. The van der Waals surface area contributed by atoms with Crippen molar-refractivity contribution >= 4 is 22.4 Å². The Morgan fingerprint density at radius 3 is 2.57 bits per heavy atom. The van der Waals surface area contributed by atoms with Crippen LogP contribution < -0.4 is 4.90 Å². The van der Waals surface area contributed by atoms with Gasteiger partial charge in [-0.15, -0.1) is 10.2 Å². The first-order valence-electron chi connectivity index (χ1n) is 8.30.